The maximum absolute atomic E-state index is 5.54. The summed E-state index contributed by atoms with van der Waals surface area (Å²) in [6.07, 6.45) is 0. The van der Waals surface area contributed by atoms with Crippen LogP contribution in [0.2, 0.25) is 0 Å². The van der Waals surface area contributed by atoms with Gasteiger partial charge in [0.15, 0.2) is 5.82 Å². The predicted octanol–water partition coefficient (Wildman–Crippen LogP) is 2.92. The Bertz CT molecular complexity index is 505. The Hall–Kier alpha value is -1.46. The highest BCUT2D eigenvalue weighted by Gasteiger charge is 2.15. The quantitative estimate of drug-likeness (QED) is 0.647. The second kappa shape index (κ2) is 4.81. The van der Waals surface area contributed by atoms with Crippen molar-refractivity contribution in [2.45, 2.75) is 26.7 Å². The lowest BCUT2D eigenvalue weighted by Crippen LogP contribution is -2.14. The summed E-state index contributed by atoms with van der Waals surface area (Å²) >= 11 is 1.62. The third-order valence-corrected chi connectivity index (χ3v) is 3.46. The van der Waals surface area contributed by atoms with E-state index < -0.39 is 0 Å². The molecule has 17 heavy (non-hydrogen) atoms. The first-order chi connectivity index (χ1) is 8.13. The highest BCUT2D eigenvalue weighted by atomic mass is 32.1. The molecule has 2 aromatic heterocycles. The van der Waals surface area contributed by atoms with E-state index in [1.165, 1.54) is 0 Å². The molecule has 0 aliphatic carbocycles. The smallest absolute Gasteiger partial charge is 0.171 e. The first-order valence-corrected chi connectivity index (χ1v) is 6.40. The average Bonchev–Trinajstić information content (AvgIpc) is 2.80. The number of thiophene rings is 1. The molecular formula is C12H16N4S. The van der Waals surface area contributed by atoms with Crippen LogP contribution in [0.3, 0.4) is 0 Å². The summed E-state index contributed by atoms with van der Waals surface area (Å²) in [5.41, 5.74) is 4.73. The molecule has 0 fully saturated rings. The molecule has 0 saturated carbocycles. The van der Waals surface area contributed by atoms with Crippen LogP contribution in [-0.4, -0.2) is 9.97 Å². The molecule has 0 aromatic carbocycles. The first-order valence-electron chi connectivity index (χ1n) is 5.52. The molecule has 0 saturated heterocycles. The van der Waals surface area contributed by atoms with Gasteiger partial charge in [0.05, 0.1) is 4.88 Å². The van der Waals surface area contributed by atoms with Gasteiger partial charge in [0.2, 0.25) is 0 Å². The molecule has 0 bridgehead atoms. The number of anilines is 1. The lowest BCUT2D eigenvalue weighted by atomic mass is 10.0. The molecule has 0 atom stereocenters. The molecule has 0 spiro atoms. The molecule has 2 rings (SSSR count). The van der Waals surface area contributed by atoms with Crippen molar-refractivity contribution < 1.29 is 0 Å². The van der Waals surface area contributed by atoms with Crippen LogP contribution in [0, 0.1) is 6.92 Å². The van der Waals surface area contributed by atoms with Crippen molar-refractivity contribution in [1.29, 1.82) is 0 Å². The SMILES string of the molecule is Cc1nc(-c2cccs2)nc(NN)c1C(C)C. The van der Waals surface area contributed by atoms with E-state index in [9.17, 15) is 0 Å². The van der Waals surface area contributed by atoms with Gasteiger partial charge in [0.1, 0.15) is 5.82 Å². The zero-order chi connectivity index (χ0) is 12.4. The van der Waals surface area contributed by atoms with Crippen LogP contribution in [-0.2, 0) is 0 Å². The summed E-state index contributed by atoms with van der Waals surface area (Å²) in [6, 6.07) is 4.00. The number of aromatic nitrogens is 2. The second-order valence-corrected chi connectivity index (χ2v) is 5.12. The summed E-state index contributed by atoms with van der Waals surface area (Å²) < 4.78 is 0. The highest BCUT2D eigenvalue weighted by Crippen LogP contribution is 2.29. The molecule has 3 N–H and O–H groups in total. The van der Waals surface area contributed by atoms with Gasteiger partial charge >= 0.3 is 0 Å². The number of nitrogens with one attached hydrogen (secondary N) is 1. The number of nitrogens with zero attached hydrogens (tertiary/aromatic N) is 2. The van der Waals surface area contributed by atoms with Gasteiger partial charge < -0.3 is 5.43 Å². The summed E-state index contributed by atoms with van der Waals surface area (Å²) in [4.78, 5) is 10.1. The number of aryl methyl sites for hydroxylation is 1. The van der Waals surface area contributed by atoms with Gasteiger partial charge in [-0.2, -0.15) is 0 Å². The Morgan fingerprint density at radius 2 is 2.12 bits per heavy atom. The van der Waals surface area contributed by atoms with Gasteiger partial charge in [-0.15, -0.1) is 11.3 Å². The van der Waals surface area contributed by atoms with Crippen LogP contribution < -0.4 is 11.3 Å². The molecule has 0 amide bonds. The van der Waals surface area contributed by atoms with Gasteiger partial charge in [-0.05, 0) is 24.3 Å². The maximum Gasteiger partial charge on any atom is 0.171 e. The minimum atomic E-state index is 0.346. The molecule has 0 unspecified atom stereocenters. The number of hydrazine groups is 1. The number of rotatable bonds is 3. The summed E-state index contributed by atoms with van der Waals surface area (Å²) in [5.74, 6) is 7.34. The fourth-order valence-electron chi connectivity index (χ4n) is 1.90. The molecule has 0 aliphatic rings. The van der Waals surface area contributed by atoms with Crippen molar-refractivity contribution >= 4 is 17.2 Å². The third kappa shape index (κ3) is 2.30. The number of nitrogen functional groups attached to an aromatic ring is 1. The van der Waals surface area contributed by atoms with Gasteiger partial charge in [-0.3, -0.25) is 0 Å². The van der Waals surface area contributed by atoms with Crippen molar-refractivity contribution in [2.24, 2.45) is 5.84 Å². The van der Waals surface area contributed by atoms with Crippen molar-refractivity contribution in [2.75, 3.05) is 5.43 Å². The zero-order valence-electron chi connectivity index (χ0n) is 10.2. The Labute approximate surface area is 105 Å². The fourth-order valence-corrected chi connectivity index (χ4v) is 2.56. The standard InChI is InChI=1S/C12H16N4S/c1-7(2)10-8(3)14-11(15-12(10)16-13)9-5-4-6-17-9/h4-7H,13H2,1-3H3,(H,14,15,16). The third-order valence-electron chi connectivity index (χ3n) is 2.59. The van der Waals surface area contributed by atoms with E-state index >= 15 is 0 Å². The van der Waals surface area contributed by atoms with E-state index in [1.807, 2.05) is 24.4 Å². The average molecular weight is 248 g/mol. The molecule has 2 aromatic rings. The van der Waals surface area contributed by atoms with Crippen LogP contribution in [0.15, 0.2) is 17.5 Å². The predicted molar refractivity (Wildman–Crippen MR) is 72.0 cm³/mol. The van der Waals surface area contributed by atoms with Crippen LogP contribution in [0.25, 0.3) is 10.7 Å². The normalized spacial score (nSPS) is 10.9. The molecule has 90 valence electrons. The monoisotopic (exact) mass is 248 g/mol. The van der Waals surface area contributed by atoms with Crippen LogP contribution in [0.4, 0.5) is 5.82 Å². The molecule has 2 heterocycles. The van der Waals surface area contributed by atoms with Gasteiger partial charge in [0.25, 0.3) is 0 Å². The van der Waals surface area contributed by atoms with Gasteiger partial charge in [-0.25, -0.2) is 15.8 Å². The number of nitrogens with two attached hydrogens (primary N) is 1. The molecule has 0 radical (unpaired) electrons. The lowest BCUT2D eigenvalue weighted by Gasteiger charge is -2.14. The van der Waals surface area contributed by atoms with Crippen molar-refractivity contribution in [3.8, 4) is 10.7 Å². The van der Waals surface area contributed by atoms with E-state index in [4.69, 9.17) is 5.84 Å². The van der Waals surface area contributed by atoms with E-state index in [0.29, 0.717) is 5.92 Å². The van der Waals surface area contributed by atoms with E-state index in [0.717, 1.165) is 27.8 Å². The van der Waals surface area contributed by atoms with E-state index in [-0.39, 0.29) is 0 Å². The van der Waals surface area contributed by atoms with Crippen molar-refractivity contribution in [3.05, 3.63) is 28.8 Å². The summed E-state index contributed by atoms with van der Waals surface area (Å²) in [6.45, 7) is 6.21. The van der Waals surface area contributed by atoms with E-state index in [2.05, 4.69) is 29.2 Å². The van der Waals surface area contributed by atoms with E-state index in [1.54, 1.807) is 11.3 Å². The van der Waals surface area contributed by atoms with Crippen molar-refractivity contribution in [3.63, 3.8) is 0 Å². The van der Waals surface area contributed by atoms with Gasteiger partial charge in [0, 0.05) is 11.3 Å². The molecule has 0 aliphatic heterocycles. The molecule has 5 heteroatoms. The van der Waals surface area contributed by atoms with Crippen LogP contribution >= 0.6 is 11.3 Å². The maximum atomic E-state index is 5.54. The summed E-state index contributed by atoms with van der Waals surface area (Å²) in [5, 5.41) is 2.01. The Morgan fingerprint density at radius 1 is 1.35 bits per heavy atom. The topological polar surface area (TPSA) is 63.8 Å². The van der Waals surface area contributed by atoms with Crippen LogP contribution in [0.1, 0.15) is 31.0 Å². The second-order valence-electron chi connectivity index (χ2n) is 4.17. The Kier molecular flexibility index (Phi) is 3.40. The lowest BCUT2D eigenvalue weighted by molar-refractivity contribution is 0.832. The molecule has 4 nitrogen and oxygen atoms in total. The van der Waals surface area contributed by atoms with Crippen LogP contribution in [0.5, 0.6) is 0 Å². The van der Waals surface area contributed by atoms with Crippen molar-refractivity contribution in [1.82, 2.24) is 9.97 Å². The molecular weight excluding hydrogens is 232 g/mol. The fraction of sp³-hybridized carbons (Fsp3) is 0.333. The minimum Gasteiger partial charge on any atom is -0.308 e. The Balaban J connectivity index is 2.56. The highest BCUT2D eigenvalue weighted by molar-refractivity contribution is 7.13. The minimum absolute atomic E-state index is 0.346. The van der Waals surface area contributed by atoms with Gasteiger partial charge in [-0.1, -0.05) is 19.9 Å². The first kappa shape index (κ1) is 12.0. The number of hydrogen-bond donors (Lipinski definition) is 2. The zero-order valence-corrected chi connectivity index (χ0v) is 11.0. The largest absolute Gasteiger partial charge is 0.308 e. The summed E-state index contributed by atoms with van der Waals surface area (Å²) in [7, 11) is 0. The Morgan fingerprint density at radius 3 is 2.65 bits per heavy atom. The number of hydrogen-bond acceptors (Lipinski definition) is 5.